The van der Waals surface area contributed by atoms with Crippen LogP contribution in [0, 0.1) is 5.92 Å². The minimum atomic E-state index is -4.99. The lowest BCUT2D eigenvalue weighted by molar-refractivity contribution is -0.143. The number of nitrogens with zero attached hydrogens (tertiary/aromatic N) is 2. The summed E-state index contributed by atoms with van der Waals surface area (Å²) < 4.78 is 77.4. The number of benzene rings is 1. The molecule has 1 saturated heterocycles. The van der Waals surface area contributed by atoms with Crippen molar-refractivity contribution in [2.75, 3.05) is 26.7 Å². The Morgan fingerprint density at radius 2 is 1.81 bits per heavy atom. The second kappa shape index (κ2) is 10.0. The molecule has 1 amide bonds. The third-order valence-corrected chi connectivity index (χ3v) is 4.66. The molecule has 4 N–H and O–H groups in total. The standard InChI is InChI=1S/C19H23F6N5O/c1-30-6-2-3-12(11-30)10-27-16(31)4-5-28-29-17(26)13-7-14(18(20,21)22)9-15(8-13)19(23,24)25/h4-5,7-9,12,28H,2-3,6,10-11H2,1H3,(H2,26,29)(H,27,31)/b5-4-. The quantitative estimate of drug-likeness (QED) is 0.204. The van der Waals surface area contributed by atoms with E-state index in [9.17, 15) is 31.1 Å². The predicted molar refractivity (Wildman–Crippen MR) is 103 cm³/mol. The minimum Gasteiger partial charge on any atom is -0.382 e. The molecule has 1 fully saturated rings. The molecular weight excluding hydrogens is 428 g/mol. The van der Waals surface area contributed by atoms with Crippen LogP contribution in [0.4, 0.5) is 26.3 Å². The van der Waals surface area contributed by atoms with Crippen LogP contribution in [-0.4, -0.2) is 43.3 Å². The lowest BCUT2D eigenvalue weighted by atomic mass is 9.98. The van der Waals surface area contributed by atoms with Crippen molar-refractivity contribution >= 4 is 11.7 Å². The molecular formula is C19H23F6N5O. The van der Waals surface area contributed by atoms with E-state index in [-0.39, 0.29) is 6.07 Å². The van der Waals surface area contributed by atoms with Gasteiger partial charge in [-0.25, -0.2) is 0 Å². The van der Waals surface area contributed by atoms with Gasteiger partial charge in [0.1, 0.15) is 0 Å². The van der Waals surface area contributed by atoms with E-state index in [2.05, 4.69) is 20.7 Å². The van der Waals surface area contributed by atoms with Crippen LogP contribution in [0.2, 0.25) is 0 Å². The Kier molecular flexibility index (Phi) is 7.93. The van der Waals surface area contributed by atoms with E-state index in [4.69, 9.17) is 5.73 Å². The predicted octanol–water partition coefficient (Wildman–Crippen LogP) is 2.91. The molecule has 0 spiro atoms. The fraction of sp³-hybridized carbons (Fsp3) is 0.474. The van der Waals surface area contributed by atoms with Crippen molar-refractivity contribution in [1.82, 2.24) is 15.6 Å². The van der Waals surface area contributed by atoms with E-state index in [0.717, 1.165) is 38.2 Å². The fourth-order valence-electron chi connectivity index (χ4n) is 3.13. The van der Waals surface area contributed by atoms with Crippen LogP contribution in [-0.2, 0) is 17.1 Å². The first-order valence-corrected chi connectivity index (χ1v) is 9.37. The maximum Gasteiger partial charge on any atom is 0.416 e. The molecule has 0 bridgehead atoms. The lowest BCUT2D eigenvalue weighted by Crippen LogP contribution is -2.38. The number of hydrogen-bond donors (Lipinski definition) is 3. The van der Waals surface area contributed by atoms with Gasteiger partial charge < -0.3 is 16.0 Å². The summed E-state index contributed by atoms with van der Waals surface area (Å²) >= 11 is 0. The summed E-state index contributed by atoms with van der Waals surface area (Å²) in [7, 11) is 2.00. The molecule has 1 aromatic carbocycles. The molecule has 0 radical (unpaired) electrons. The molecule has 6 nitrogen and oxygen atoms in total. The molecule has 0 saturated carbocycles. The Hall–Kier alpha value is -2.76. The van der Waals surface area contributed by atoms with Crippen LogP contribution in [0.3, 0.4) is 0 Å². The zero-order chi connectivity index (χ0) is 23.2. The van der Waals surface area contributed by atoms with E-state index in [1.165, 1.54) is 0 Å². The first-order valence-electron chi connectivity index (χ1n) is 9.37. The van der Waals surface area contributed by atoms with Gasteiger partial charge in [-0.3, -0.25) is 10.2 Å². The highest BCUT2D eigenvalue weighted by molar-refractivity contribution is 5.97. The van der Waals surface area contributed by atoms with Gasteiger partial charge in [0.2, 0.25) is 5.91 Å². The lowest BCUT2D eigenvalue weighted by Gasteiger charge is -2.29. The van der Waals surface area contributed by atoms with Crippen LogP contribution in [0.25, 0.3) is 0 Å². The monoisotopic (exact) mass is 451 g/mol. The first-order chi connectivity index (χ1) is 14.4. The van der Waals surface area contributed by atoms with Gasteiger partial charge in [0, 0.05) is 30.9 Å². The zero-order valence-electron chi connectivity index (χ0n) is 16.6. The molecule has 1 aliphatic heterocycles. The number of halogens is 6. The molecule has 0 aliphatic carbocycles. The summed E-state index contributed by atoms with van der Waals surface area (Å²) in [6.07, 6.45) is -5.76. The summed E-state index contributed by atoms with van der Waals surface area (Å²) in [6, 6.07) is 0.930. The van der Waals surface area contributed by atoms with Gasteiger partial charge in [-0.1, -0.05) is 0 Å². The molecule has 1 aromatic rings. The number of nitrogens with two attached hydrogens (primary N) is 1. The van der Waals surface area contributed by atoms with Crippen molar-refractivity contribution in [3.63, 3.8) is 0 Å². The van der Waals surface area contributed by atoms with E-state index < -0.39 is 40.8 Å². The Morgan fingerprint density at radius 1 is 1.19 bits per heavy atom. The van der Waals surface area contributed by atoms with E-state index in [0.29, 0.717) is 24.6 Å². The number of likely N-dealkylation sites (tertiary alicyclic amines) is 1. The minimum absolute atomic E-state index is 0.00146. The molecule has 0 aromatic heterocycles. The molecule has 172 valence electrons. The SMILES string of the molecule is CN1CCCC(CNC(=O)/C=C\N/N=C(\N)c2cc(C(F)(F)F)cc(C(F)(F)F)c2)C1. The molecule has 1 unspecified atom stereocenters. The summed E-state index contributed by atoms with van der Waals surface area (Å²) in [4.78, 5) is 14.0. The number of carbonyl (C=O) groups excluding carboxylic acids is 1. The number of amides is 1. The molecule has 1 heterocycles. The number of nitrogens with one attached hydrogen (secondary N) is 2. The van der Waals surface area contributed by atoms with Crippen molar-refractivity contribution < 1.29 is 31.1 Å². The van der Waals surface area contributed by atoms with E-state index in [1.54, 1.807) is 0 Å². The van der Waals surface area contributed by atoms with E-state index in [1.807, 2.05) is 7.05 Å². The number of hydrogen-bond acceptors (Lipinski definition) is 4. The fourth-order valence-corrected chi connectivity index (χ4v) is 3.13. The summed E-state index contributed by atoms with van der Waals surface area (Å²) in [5.41, 5.74) is 4.18. The number of carbonyl (C=O) groups is 1. The molecule has 2 rings (SSSR count). The van der Waals surface area contributed by atoms with Gasteiger partial charge >= 0.3 is 12.4 Å². The second-order valence-corrected chi connectivity index (χ2v) is 7.27. The van der Waals surface area contributed by atoms with Crippen molar-refractivity contribution in [3.8, 4) is 0 Å². The van der Waals surface area contributed by atoms with Crippen molar-refractivity contribution in [2.45, 2.75) is 25.2 Å². The smallest absolute Gasteiger partial charge is 0.382 e. The van der Waals surface area contributed by atoms with Gasteiger partial charge in [0.15, 0.2) is 5.84 Å². The van der Waals surface area contributed by atoms with Crippen molar-refractivity contribution in [1.29, 1.82) is 0 Å². The van der Waals surface area contributed by atoms with Crippen LogP contribution >= 0.6 is 0 Å². The van der Waals surface area contributed by atoms with Gasteiger partial charge in [0.05, 0.1) is 11.1 Å². The van der Waals surface area contributed by atoms with Crippen molar-refractivity contribution in [2.24, 2.45) is 16.8 Å². The van der Waals surface area contributed by atoms with Crippen LogP contribution in [0.15, 0.2) is 35.6 Å². The van der Waals surface area contributed by atoms with Crippen LogP contribution in [0.5, 0.6) is 0 Å². The summed E-state index contributed by atoms with van der Waals surface area (Å²) in [5.74, 6) is -0.693. The number of rotatable bonds is 6. The summed E-state index contributed by atoms with van der Waals surface area (Å²) in [5, 5.41) is 6.23. The Morgan fingerprint density at radius 3 is 2.35 bits per heavy atom. The number of alkyl halides is 6. The number of amidine groups is 1. The van der Waals surface area contributed by atoms with Crippen LogP contribution in [0.1, 0.15) is 29.5 Å². The third-order valence-electron chi connectivity index (χ3n) is 4.66. The Labute approximate surface area is 175 Å². The number of hydrazone groups is 1. The average Bonchev–Trinajstić information content (AvgIpc) is 2.68. The van der Waals surface area contributed by atoms with Crippen LogP contribution < -0.4 is 16.5 Å². The average molecular weight is 451 g/mol. The van der Waals surface area contributed by atoms with Gasteiger partial charge in [-0.15, -0.1) is 0 Å². The van der Waals surface area contributed by atoms with E-state index >= 15 is 0 Å². The Bertz CT molecular complexity index is 802. The molecule has 31 heavy (non-hydrogen) atoms. The molecule has 12 heteroatoms. The van der Waals surface area contributed by atoms with Gasteiger partial charge in [-0.2, -0.15) is 31.4 Å². The topological polar surface area (TPSA) is 82.8 Å². The Balaban J connectivity index is 1.98. The molecule has 1 atom stereocenters. The maximum absolute atomic E-state index is 12.9. The normalized spacial score (nSPS) is 18.9. The third kappa shape index (κ3) is 7.78. The maximum atomic E-state index is 12.9. The molecule has 1 aliphatic rings. The first kappa shape index (κ1) is 24.5. The van der Waals surface area contributed by atoms with Crippen molar-refractivity contribution in [3.05, 3.63) is 47.2 Å². The second-order valence-electron chi connectivity index (χ2n) is 7.27. The van der Waals surface area contributed by atoms with Gasteiger partial charge in [0.25, 0.3) is 0 Å². The highest BCUT2D eigenvalue weighted by atomic mass is 19.4. The van der Waals surface area contributed by atoms with Gasteiger partial charge in [-0.05, 0) is 50.6 Å². The zero-order valence-corrected chi connectivity index (χ0v) is 16.6. The summed E-state index contributed by atoms with van der Waals surface area (Å²) in [6.45, 7) is 2.38. The number of piperidine rings is 1. The highest BCUT2D eigenvalue weighted by Gasteiger charge is 2.37. The largest absolute Gasteiger partial charge is 0.416 e. The highest BCUT2D eigenvalue weighted by Crippen LogP contribution is 2.36.